The lowest BCUT2D eigenvalue weighted by atomic mass is 9.89. The number of hydrogen-bond donors (Lipinski definition) is 2. The van der Waals surface area contributed by atoms with Crippen LogP contribution < -0.4 is 10.6 Å². The van der Waals surface area contributed by atoms with Gasteiger partial charge in [0.15, 0.2) is 6.26 Å². The molecule has 2 fully saturated rings. The van der Waals surface area contributed by atoms with Crippen molar-refractivity contribution in [2.75, 3.05) is 19.6 Å². The largest absolute Gasteiger partial charge is 0.460 e. The van der Waals surface area contributed by atoms with Crippen molar-refractivity contribution in [3.63, 3.8) is 0 Å². The summed E-state index contributed by atoms with van der Waals surface area (Å²) in [5, 5.41) is 5.25. The third-order valence-electron chi connectivity index (χ3n) is 7.39. The van der Waals surface area contributed by atoms with Crippen molar-refractivity contribution in [2.45, 2.75) is 62.8 Å². The Balaban J connectivity index is 0.955. The molecule has 1 saturated carbocycles. The number of benzene rings is 2. The first-order valence-electron chi connectivity index (χ1n) is 13.4. The van der Waals surface area contributed by atoms with Gasteiger partial charge in [0.2, 0.25) is 12.2 Å². The minimum absolute atomic E-state index is 0.0253. The van der Waals surface area contributed by atoms with Crippen molar-refractivity contribution in [3.05, 3.63) is 83.5 Å². The first-order chi connectivity index (χ1) is 19.2. The number of ether oxygens (including phenoxy) is 3. The average molecular weight is 560 g/mol. The Morgan fingerprint density at radius 1 is 1.00 bits per heavy atom. The molecular formula is C29H32F3N3O5. The van der Waals surface area contributed by atoms with Crippen LogP contribution in [0.3, 0.4) is 0 Å². The van der Waals surface area contributed by atoms with E-state index in [1.807, 2.05) is 30.3 Å². The highest BCUT2D eigenvalue weighted by Crippen LogP contribution is 2.31. The molecule has 2 amide bonds. The summed E-state index contributed by atoms with van der Waals surface area (Å²) in [6, 6.07) is 14.5. The number of carbonyl (C=O) groups excluding carboxylic acids is 2. The van der Waals surface area contributed by atoms with Crippen LogP contribution in [-0.4, -0.2) is 60.8 Å². The fourth-order valence-corrected chi connectivity index (χ4v) is 5.24. The van der Waals surface area contributed by atoms with Crippen molar-refractivity contribution in [2.24, 2.45) is 0 Å². The number of rotatable bonds is 9. The Morgan fingerprint density at radius 3 is 2.48 bits per heavy atom. The smallest absolute Gasteiger partial charge is 0.416 e. The van der Waals surface area contributed by atoms with Crippen LogP contribution in [0.1, 0.15) is 47.2 Å². The molecule has 2 N–H and O–H groups in total. The van der Waals surface area contributed by atoms with Crippen molar-refractivity contribution in [3.8, 4) is 0 Å². The van der Waals surface area contributed by atoms with E-state index in [-0.39, 0.29) is 36.5 Å². The van der Waals surface area contributed by atoms with Gasteiger partial charge in [-0.2, -0.15) is 13.2 Å². The Labute approximate surface area is 230 Å². The zero-order valence-electron chi connectivity index (χ0n) is 21.9. The lowest BCUT2D eigenvalue weighted by Gasteiger charge is -2.46. The predicted molar refractivity (Wildman–Crippen MR) is 139 cm³/mol. The summed E-state index contributed by atoms with van der Waals surface area (Å²) in [5.74, 6) is -0.677. The Kier molecular flexibility index (Phi) is 8.49. The molecule has 5 rings (SSSR count). The maximum absolute atomic E-state index is 12.9. The Bertz CT molecular complexity index is 1210. The van der Waals surface area contributed by atoms with Crippen LogP contribution in [0.5, 0.6) is 0 Å². The first kappa shape index (κ1) is 27.8. The summed E-state index contributed by atoms with van der Waals surface area (Å²) in [4.78, 5) is 26.8. The van der Waals surface area contributed by atoms with Gasteiger partial charge in [-0.05, 0) is 49.4 Å². The van der Waals surface area contributed by atoms with Gasteiger partial charge in [0.05, 0.1) is 18.2 Å². The Hall–Kier alpha value is -3.73. The summed E-state index contributed by atoms with van der Waals surface area (Å²) in [6.45, 7) is 1.13. The van der Waals surface area contributed by atoms with Crippen molar-refractivity contribution in [1.29, 1.82) is 0 Å². The summed E-state index contributed by atoms with van der Waals surface area (Å²) < 4.78 is 56.0. The number of likely N-dealkylation sites (tertiary alicyclic amines) is 1. The molecular weight excluding hydrogens is 527 g/mol. The lowest BCUT2D eigenvalue weighted by molar-refractivity contribution is -0.137. The quantitative estimate of drug-likeness (QED) is 0.484. The van der Waals surface area contributed by atoms with Crippen molar-refractivity contribution < 1.29 is 37.0 Å². The summed E-state index contributed by atoms with van der Waals surface area (Å²) in [7, 11) is 0. The predicted octanol–water partition coefficient (Wildman–Crippen LogP) is 3.98. The normalized spacial score (nSPS) is 23.3. The molecule has 1 aliphatic carbocycles. The molecule has 40 heavy (non-hydrogen) atoms. The molecule has 0 spiro atoms. The zero-order valence-corrected chi connectivity index (χ0v) is 21.9. The van der Waals surface area contributed by atoms with Crippen molar-refractivity contribution in [1.82, 2.24) is 15.5 Å². The molecule has 2 aromatic carbocycles. The summed E-state index contributed by atoms with van der Waals surface area (Å²) in [5.41, 5.74) is 0.0733. The van der Waals surface area contributed by atoms with Crippen LogP contribution in [0, 0.1) is 0 Å². The van der Waals surface area contributed by atoms with Crippen LogP contribution in [-0.2, 0) is 31.6 Å². The molecule has 2 aliphatic heterocycles. The minimum atomic E-state index is -4.54. The summed E-state index contributed by atoms with van der Waals surface area (Å²) >= 11 is 0. The van der Waals surface area contributed by atoms with E-state index in [4.69, 9.17) is 14.2 Å². The van der Waals surface area contributed by atoms with Gasteiger partial charge in [-0.15, -0.1) is 0 Å². The van der Waals surface area contributed by atoms with E-state index in [0.29, 0.717) is 31.5 Å². The van der Waals surface area contributed by atoms with Crippen LogP contribution in [0.4, 0.5) is 13.2 Å². The highest BCUT2D eigenvalue weighted by molar-refractivity contribution is 5.96. The maximum Gasteiger partial charge on any atom is 0.416 e. The van der Waals surface area contributed by atoms with Gasteiger partial charge < -0.3 is 24.8 Å². The molecule has 1 atom stereocenters. The third-order valence-corrected chi connectivity index (χ3v) is 7.39. The van der Waals surface area contributed by atoms with E-state index in [2.05, 4.69) is 15.5 Å². The molecule has 2 aromatic rings. The topological polar surface area (TPSA) is 89.1 Å². The van der Waals surface area contributed by atoms with E-state index in [1.54, 1.807) is 6.26 Å². The standard InChI is InChI=1S/C29H32F3N3O5/c30-29(31,32)21-8-4-7-20(14-21)28(37)33-15-25(36)34-22-16-35(17-22)23-9-11-24(12-10-23)39-27-18-38-26(40-27)13-19-5-2-1-3-6-19/h1-8,14,18,22-24,26H,9-13,15-17H2,(H,33,37)(H,34,36). The number of carbonyl (C=O) groups is 2. The number of alkyl halides is 3. The first-order valence-corrected chi connectivity index (χ1v) is 13.4. The molecule has 214 valence electrons. The van der Waals surface area contributed by atoms with Gasteiger partial charge in [-0.25, -0.2) is 0 Å². The lowest BCUT2D eigenvalue weighted by Crippen LogP contribution is -2.63. The van der Waals surface area contributed by atoms with Gasteiger partial charge in [-0.1, -0.05) is 36.4 Å². The fraction of sp³-hybridized carbons (Fsp3) is 0.448. The molecule has 3 aliphatic rings. The van der Waals surface area contributed by atoms with Gasteiger partial charge in [-0.3, -0.25) is 14.5 Å². The van der Waals surface area contributed by atoms with Crippen LogP contribution in [0.15, 0.2) is 66.8 Å². The molecule has 1 unspecified atom stereocenters. The second-order valence-electron chi connectivity index (χ2n) is 10.3. The number of nitrogens with one attached hydrogen (secondary N) is 2. The van der Waals surface area contributed by atoms with Crippen molar-refractivity contribution >= 4 is 11.8 Å². The van der Waals surface area contributed by atoms with E-state index >= 15 is 0 Å². The van der Waals surface area contributed by atoms with Crippen LogP contribution in [0.25, 0.3) is 0 Å². The molecule has 0 bridgehead atoms. The Morgan fingerprint density at radius 2 is 1.75 bits per heavy atom. The number of amides is 2. The zero-order chi connectivity index (χ0) is 28.1. The SMILES string of the molecule is O=C(CNC(=O)c1cccc(C(F)(F)F)c1)NC1CN(C2CCC(OC3=COC(Cc4ccccc4)O3)CC2)C1. The number of nitrogens with zero attached hydrogens (tertiary/aromatic N) is 1. The van der Waals surface area contributed by atoms with E-state index in [0.717, 1.165) is 49.4 Å². The van der Waals surface area contributed by atoms with E-state index in [9.17, 15) is 22.8 Å². The van der Waals surface area contributed by atoms with Gasteiger partial charge in [0.1, 0.15) is 6.10 Å². The monoisotopic (exact) mass is 559 g/mol. The maximum atomic E-state index is 12.9. The van der Waals surface area contributed by atoms with Gasteiger partial charge in [0, 0.05) is 31.1 Å². The number of hydrogen-bond acceptors (Lipinski definition) is 6. The van der Waals surface area contributed by atoms with E-state index in [1.165, 1.54) is 6.07 Å². The number of halogens is 3. The van der Waals surface area contributed by atoms with Gasteiger partial charge >= 0.3 is 12.1 Å². The molecule has 2 heterocycles. The molecule has 1 saturated heterocycles. The average Bonchev–Trinajstić information content (AvgIpc) is 3.36. The fourth-order valence-electron chi connectivity index (χ4n) is 5.24. The second kappa shape index (κ2) is 12.2. The summed E-state index contributed by atoms with van der Waals surface area (Å²) in [6.07, 6.45) is 1.07. The van der Waals surface area contributed by atoms with E-state index < -0.39 is 17.6 Å². The van der Waals surface area contributed by atoms with Crippen LogP contribution >= 0.6 is 0 Å². The molecule has 0 aromatic heterocycles. The molecule has 11 heteroatoms. The second-order valence-corrected chi connectivity index (χ2v) is 10.3. The highest BCUT2D eigenvalue weighted by atomic mass is 19.4. The third kappa shape index (κ3) is 7.26. The highest BCUT2D eigenvalue weighted by Gasteiger charge is 2.36. The molecule has 0 radical (unpaired) electrons. The van der Waals surface area contributed by atoms with Gasteiger partial charge in [0.25, 0.3) is 5.91 Å². The van der Waals surface area contributed by atoms with Crippen LogP contribution in [0.2, 0.25) is 0 Å². The minimum Gasteiger partial charge on any atom is -0.460 e. The molecule has 8 nitrogen and oxygen atoms in total.